The van der Waals surface area contributed by atoms with Crippen molar-refractivity contribution in [3.05, 3.63) is 29.8 Å². The van der Waals surface area contributed by atoms with Crippen molar-refractivity contribution >= 4 is 17.5 Å². The van der Waals surface area contributed by atoms with Crippen molar-refractivity contribution in [2.75, 3.05) is 25.5 Å². The van der Waals surface area contributed by atoms with Gasteiger partial charge in [-0.2, -0.15) is 0 Å². The van der Waals surface area contributed by atoms with E-state index in [1.54, 1.807) is 16.8 Å². The minimum absolute atomic E-state index is 0.00221. The Bertz CT molecular complexity index is 572. The zero-order valence-electron chi connectivity index (χ0n) is 12.7. The Balaban J connectivity index is 1.79. The van der Waals surface area contributed by atoms with Crippen LogP contribution in [-0.2, 0) is 16.0 Å². The summed E-state index contributed by atoms with van der Waals surface area (Å²) in [6, 6.07) is 7.70. The summed E-state index contributed by atoms with van der Waals surface area (Å²) in [5.74, 6) is 0.00950. The van der Waals surface area contributed by atoms with Gasteiger partial charge in [0, 0.05) is 32.2 Å². The Hall–Kier alpha value is -2.04. The van der Waals surface area contributed by atoms with Crippen molar-refractivity contribution < 1.29 is 9.59 Å². The van der Waals surface area contributed by atoms with E-state index < -0.39 is 5.54 Å². The zero-order chi connectivity index (χ0) is 15.2. The van der Waals surface area contributed by atoms with Gasteiger partial charge in [-0.1, -0.05) is 18.2 Å². The Morgan fingerprint density at radius 3 is 2.71 bits per heavy atom. The third kappa shape index (κ3) is 2.17. The molecule has 2 amide bonds. The quantitative estimate of drug-likeness (QED) is 0.841. The first kappa shape index (κ1) is 13.9. The van der Waals surface area contributed by atoms with Crippen LogP contribution in [-0.4, -0.2) is 53.3 Å². The van der Waals surface area contributed by atoms with E-state index in [2.05, 4.69) is 5.32 Å². The molecule has 0 radical (unpaired) electrons. The molecule has 5 heteroatoms. The van der Waals surface area contributed by atoms with Crippen LogP contribution in [0.15, 0.2) is 24.3 Å². The Morgan fingerprint density at radius 1 is 1.29 bits per heavy atom. The second-order valence-electron chi connectivity index (χ2n) is 6.33. The minimum atomic E-state index is -0.777. The number of hydrogen-bond donors (Lipinski definition) is 1. The van der Waals surface area contributed by atoms with E-state index in [0.717, 1.165) is 11.3 Å². The largest absolute Gasteiger partial charge is 0.373 e. The smallest absolute Gasteiger partial charge is 0.247 e. The highest BCUT2D eigenvalue weighted by Crippen LogP contribution is 2.29. The van der Waals surface area contributed by atoms with Crippen molar-refractivity contribution in [1.82, 2.24) is 9.80 Å². The van der Waals surface area contributed by atoms with Gasteiger partial charge in [-0.05, 0) is 25.5 Å². The van der Waals surface area contributed by atoms with Crippen molar-refractivity contribution in [2.24, 2.45) is 0 Å². The molecule has 0 bridgehead atoms. The van der Waals surface area contributed by atoms with Crippen LogP contribution < -0.4 is 5.32 Å². The number of carbonyl (C=O) groups is 2. The highest BCUT2D eigenvalue weighted by molar-refractivity contribution is 5.95. The van der Waals surface area contributed by atoms with Gasteiger partial charge >= 0.3 is 0 Å². The number of carbonyl (C=O) groups excluding carboxylic acids is 2. The number of piperazine rings is 1. The van der Waals surface area contributed by atoms with Crippen LogP contribution in [0.3, 0.4) is 0 Å². The van der Waals surface area contributed by atoms with E-state index in [4.69, 9.17) is 0 Å². The third-order valence-corrected chi connectivity index (χ3v) is 4.54. The molecule has 1 N–H and O–H groups in total. The number of para-hydroxylation sites is 1. The number of likely N-dealkylation sites (N-methyl/N-ethyl adjacent to an activating group) is 1. The molecule has 112 valence electrons. The molecule has 1 aromatic carbocycles. The van der Waals surface area contributed by atoms with Crippen LogP contribution in [0.5, 0.6) is 0 Å². The number of amides is 2. The fourth-order valence-corrected chi connectivity index (χ4v) is 3.23. The summed E-state index contributed by atoms with van der Waals surface area (Å²) in [4.78, 5) is 28.6. The van der Waals surface area contributed by atoms with Gasteiger partial charge in [-0.15, -0.1) is 0 Å². The highest BCUT2D eigenvalue weighted by Gasteiger charge is 2.45. The molecule has 1 aromatic rings. The fraction of sp³-hybridized carbons (Fsp3) is 0.500. The standard InChI is InChI=1S/C16H21N3O2/c1-16(2)15(21)18(3)8-9-19(16)14(20)13-10-11-6-4-5-7-12(11)17-13/h4-7,13,17H,8-10H2,1-3H3/t13-/m0/s1. The monoisotopic (exact) mass is 287 g/mol. The molecule has 1 fully saturated rings. The van der Waals surface area contributed by atoms with E-state index >= 15 is 0 Å². The molecule has 2 aliphatic heterocycles. The van der Waals surface area contributed by atoms with Crippen LogP contribution in [0, 0.1) is 0 Å². The zero-order valence-corrected chi connectivity index (χ0v) is 12.7. The van der Waals surface area contributed by atoms with Gasteiger partial charge in [0.25, 0.3) is 0 Å². The molecule has 5 nitrogen and oxygen atoms in total. The molecule has 1 saturated heterocycles. The number of benzene rings is 1. The number of nitrogens with zero attached hydrogens (tertiary/aromatic N) is 2. The first-order valence-corrected chi connectivity index (χ1v) is 7.33. The van der Waals surface area contributed by atoms with Crippen molar-refractivity contribution in [2.45, 2.75) is 31.8 Å². The van der Waals surface area contributed by atoms with E-state index in [1.165, 1.54) is 0 Å². The molecule has 1 atom stereocenters. The van der Waals surface area contributed by atoms with E-state index in [1.807, 2.05) is 38.1 Å². The second kappa shape index (κ2) is 4.76. The fourth-order valence-electron chi connectivity index (χ4n) is 3.23. The van der Waals surface area contributed by atoms with Gasteiger partial charge in [0.2, 0.25) is 11.8 Å². The number of rotatable bonds is 1. The maximum absolute atomic E-state index is 12.8. The van der Waals surface area contributed by atoms with Gasteiger partial charge in [-0.25, -0.2) is 0 Å². The van der Waals surface area contributed by atoms with Gasteiger partial charge in [-0.3, -0.25) is 9.59 Å². The lowest BCUT2D eigenvalue weighted by Gasteiger charge is -2.45. The summed E-state index contributed by atoms with van der Waals surface area (Å²) in [6.07, 6.45) is 0.686. The predicted molar refractivity (Wildman–Crippen MR) is 81.0 cm³/mol. The minimum Gasteiger partial charge on any atom is -0.373 e. The van der Waals surface area contributed by atoms with E-state index in [9.17, 15) is 9.59 Å². The van der Waals surface area contributed by atoms with Gasteiger partial charge in [0.1, 0.15) is 11.6 Å². The maximum atomic E-state index is 12.8. The number of anilines is 1. The topological polar surface area (TPSA) is 52.6 Å². The molecule has 2 aliphatic rings. The van der Waals surface area contributed by atoms with Gasteiger partial charge in [0.05, 0.1) is 0 Å². The first-order chi connectivity index (χ1) is 9.91. The van der Waals surface area contributed by atoms with Crippen LogP contribution in [0.1, 0.15) is 19.4 Å². The lowest BCUT2D eigenvalue weighted by Crippen LogP contribution is -2.65. The van der Waals surface area contributed by atoms with Gasteiger partial charge in [0.15, 0.2) is 0 Å². The summed E-state index contributed by atoms with van der Waals surface area (Å²) in [5, 5.41) is 3.28. The first-order valence-electron chi connectivity index (χ1n) is 7.33. The van der Waals surface area contributed by atoms with Gasteiger partial charge < -0.3 is 15.1 Å². The summed E-state index contributed by atoms with van der Waals surface area (Å²) in [6.45, 7) is 4.83. The molecule has 21 heavy (non-hydrogen) atoms. The summed E-state index contributed by atoms with van der Waals surface area (Å²) >= 11 is 0. The second-order valence-corrected chi connectivity index (χ2v) is 6.33. The number of hydrogen-bond acceptors (Lipinski definition) is 3. The Kier molecular flexibility index (Phi) is 3.15. The third-order valence-electron chi connectivity index (χ3n) is 4.54. The molecule has 0 spiro atoms. The highest BCUT2D eigenvalue weighted by atomic mass is 16.2. The van der Waals surface area contributed by atoms with Crippen LogP contribution in [0.2, 0.25) is 0 Å². The van der Waals surface area contributed by atoms with Crippen molar-refractivity contribution in [3.63, 3.8) is 0 Å². The molecule has 0 aromatic heterocycles. The normalized spacial score (nSPS) is 23.8. The molecular weight excluding hydrogens is 266 g/mol. The van der Waals surface area contributed by atoms with Crippen LogP contribution >= 0.6 is 0 Å². The maximum Gasteiger partial charge on any atom is 0.247 e. The van der Waals surface area contributed by atoms with Crippen LogP contribution in [0.4, 0.5) is 5.69 Å². The van der Waals surface area contributed by atoms with Crippen LogP contribution in [0.25, 0.3) is 0 Å². The molecular formula is C16H21N3O2. The SMILES string of the molecule is CN1CCN(C(=O)[C@@H]2Cc3ccccc3N2)C(C)(C)C1=O. The number of fused-ring (bicyclic) bond motifs is 1. The Labute approximate surface area is 124 Å². The van der Waals surface area contributed by atoms with E-state index in [0.29, 0.717) is 19.5 Å². The molecule has 0 saturated carbocycles. The van der Waals surface area contributed by atoms with E-state index in [-0.39, 0.29) is 17.9 Å². The summed E-state index contributed by atoms with van der Waals surface area (Å²) in [7, 11) is 1.79. The van der Waals surface area contributed by atoms with Crippen molar-refractivity contribution in [3.8, 4) is 0 Å². The molecule has 0 unspecified atom stereocenters. The predicted octanol–water partition coefficient (Wildman–Crippen LogP) is 1.10. The average Bonchev–Trinajstić information content (AvgIpc) is 2.88. The summed E-state index contributed by atoms with van der Waals surface area (Å²) in [5.41, 5.74) is 1.41. The average molecular weight is 287 g/mol. The molecule has 2 heterocycles. The lowest BCUT2D eigenvalue weighted by atomic mass is 9.96. The van der Waals surface area contributed by atoms with Crippen molar-refractivity contribution in [1.29, 1.82) is 0 Å². The lowest BCUT2D eigenvalue weighted by molar-refractivity contribution is -0.157. The molecule has 0 aliphatic carbocycles. The Morgan fingerprint density at radius 2 is 2.00 bits per heavy atom. The molecule has 3 rings (SSSR count). The number of nitrogens with one attached hydrogen (secondary N) is 1. The summed E-state index contributed by atoms with van der Waals surface area (Å²) < 4.78 is 0.